The predicted octanol–water partition coefficient (Wildman–Crippen LogP) is 1.86. The summed E-state index contributed by atoms with van der Waals surface area (Å²) in [6.45, 7) is 8.50. The number of rotatable bonds is 5. The van der Waals surface area contributed by atoms with Crippen molar-refractivity contribution in [3.63, 3.8) is 0 Å². The molecule has 120 valence electrons. The monoisotopic (exact) mass is 322 g/mol. The van der Waals surface area contributed by atoms with Gasteiger partial charge in [0.25, 0.3) is 5.89 Å². The Labute approximate surface area is 134 Å². The Kier molecular flexibility index (Phi) is 4.87. The van der Waals surface area contributed by atoms with Gasteiger partial charge in [0.15, 0.2) is 0 Å². The van der Waals surface area contributed by atoms with E-state index in [2.05, 4.69) is 26.9 Å². The number of hydrogen-bond donors (Lipinski definition) is 1. The van der Waals surface area contributed by atoms with E-state index in [1.165, 1.54) is 0 Å². The molecule has 2 aromatic rings. The lowest BCUT2D eigenvalue weighted by molar-refractivity contribution is 0.0598. The highest BCUT2D eigenvalue weighted by atomic mass is 32.1. The van der Waals surface area contributed by atoms with E-state index in [0.29, 0.717) is 11.8 Å². The van der Waals surface area contributed by atoms with Gasteiger partial charge in [-0.15, -0.1) is 21.5 Å². The first-order chi connectivity index (χ1) is 10.6. The molecule has 0 aliphatic carbocycles. The van der Waals surface area contributed by atoms with Crippen molar-refractivity contribution in [1.82, 2.24) is 20.0 Å². The van der Waals surface area contributed by atoms with Gasteiger partial charge in [-0.1, -0.05) is 6.07 Å². The topological polar surface area (TPSA) is 65.6 Å². The molecule has 3 heterocycles. The number of thiophene rings is 1. The second-order valence-electron chi connectivity index (χ2n) is 5.78. The summed E-state index contributed by atoms with van der Waals surface area (Å²) in [6, 6.07) is 4.09. The van der Waals surface area contributed by atoms with Crippen molar-refractivity contribution in [2.75, 3.05) is 32.7 Å². The maximum Gasteiger partial charge on any atom is 0.257 e. The van der Waals surface area contributed by atoms with Crippen molar-refractivity contribution in [1.29, 1.82) is 0 Å². The lowest BCUT2D eigenvalue weighted by atomic mass is 10.2. The number of aromatic nitrogens is 2. The summed E-state index contributed by atoms with van der Waals surface area (Å²) in [5.74, 6) is 1.27. The van der Waals surface area contributed by atoms with Crippen LogP contribution >= 0.6 is 11.3 Å². The molecule has 1 N–H and O–H groups in total. The number of aliphatic hydroxyl groups excluding tert-OH is 1. The van der Waals surface area contributed by atoms with Gasteiger partial charge in [0, 0.05) is 32.7 Å². The van der Waals surface area contributed by atoms with Crippen molar-refractivity contribution in [3.05, 3.63) is 23.4 Å². The molecule has 22 heavy (non-hydrogen) atoms. The van der Waals surface area contributed by atoms with Crippen LogP contribution in [0.1, 0.15) is 25.8 Å². The number of hydrogen-bond acceptors (Lipinski definition) is 7. The molecule has 0 saturated carbocycles. The Morgan fingerprint density at radius 3 is 2.68 bits per heavy atom. The molecule has 1 aliphatic rings. The van der Waals surface area contributed by atoms with Crippen molar-refractivity contribution < 1.29 is 9.52 Å². The Morgan fingerprint density at radius 2 is 2.05 bits per heavy atom. The average molecular weight is 322 g/mol. The second-order valence-corrected chi connectivity index (χ2v) is 6.73. The number of piperazine rings is 1. The van der Waals surface area contributed by atoms with E-state index >= 15 is 0 Å². The zero-order valence-corrected chi connectivity index (χ0v) is 13.8. The molecule has 6 nitrogen and oxygen atoms in total. The molecule has 0 amide bonds. The molecule has 0 bridgehead atoms. The fourth-order valence-electron chi connectivity index (χ4n) is 2.77. The lowest BCUT2D eigenvalue weighted by Crippen LogP contribution is -2.48. The fourth-order valence-corrected chi connectivity index (χ4v) is 3.41. The molecular weight excluding hydrogens is 300 g/mol. The predicted molar refractivity (Wildman–Crippen MR) is 85.7 cm³/mol. The molecular formula is C15H22N4O2S. The normalized spacial score (nSPS) is 20.1. The molecule has 7 heteroatoms. The summed E-state index contributed by atoms with van der Waals surface area (Å²) >= 11 is 1.60. The molecule has 1 fully saturated rings. The Balaban J connectivity index is 1.59. The van der Waals surface area contributed by atoms with E-state index in [-0.39, 0.29) is 12.1 Å². The van der Waals surface area contributed by atoms with Crippen molar-refractivity contribution >= 4 is 11.3 Å². The van der Waals surface area contributed by atoms with Gasteiger partial charge < -0.3 is 9.52 Å². The number of nitrogens with zero attached hydrogens (tertiary/aromatic N) is 4. The zero-order valence-electron chi connectivity index (χ0n) is 13.0. The smallest absolute Gasteiger partial charge is 0.257 e. The molecule has 0 aromatic carbocycles. The van der Waals surface area contributed by atoms with Gasteiger partial charge in [0.05, 0.1) is 17.0 Å². The average Bonchev–Trinajstić information content (AvgIpc) is 3.18. The first-order valence-corrected chi connectivity index (χ1v) is 8.53. The first-order valence-electron chi connectivity index (χ1n) is 7.65. The van der Waals surface area contributed by atoms with Gasteiger partial charge in [0.1, 0.15) is 0 Å². The first kappa shape index (κ1) is 15.6. The van der Waals surface area contributed by atoms with Crippen LogP contribution in [0.25, 0.3) is 10.8 Å². The van der Waals surface area contributed by atoms with E-state index in [4.69, 9.17) is 4.42 Å². The van der Waals surface area contributed by atoms with Crippen LogP contribution in [0.15, 0.2) is 21.9 Å². The highest BCUT2D eigenvalue weighted by Gasteiger charge is 2.26. The maximum absolute atomic E-state index is 9.46. The van der Waals surface area contributed by atoms with Crippen molar-refractivity contribution in [3.8, 4) is 10.8 Å². The van der Waals surface area contributed by atoms with E-state index in [9.17, 15) is 5.11 Å². The molecule has 3 rings (SSSR count). The Bertz CT molecular complexity index is 576. The van der Waals surface area contributed by atoms with Gasteiger partial charge in [-0.2, -0.15) is 0 Å². The van der Waals surface area contributed by atoms with Gasteiger partial charge in [-0.05, 0) is 25.3 Å². The number of β-amino-alcohol motifs (C(OH)–C–C–N with tert-alkyl or cyclic N) is 1. The molecule has 1 aliphatic heterocycles. The van der Waals surface area contributed by atoms with Crippen LogP contribution < -0.4 is 0 Å². The minimum atomic E-state index is -0.270. The third-order valence-electron chi connectivity index (χ3n) is 4.01. The van der Waals surface area contributed by atoms with Crippen molar-refractivity contribution in [2.45, 2.75) is 26.0 Å². The van der Waals surface area contributed by atoms with Crippen LogP contribution in [0.2, 0.25) is 0 Å². The highest BCUT2D eigenvalue weighted by molar-refractivity contribution is 7.13. The Morgan fingerprint density at radius 1 is 1.27 bits per heavy atom. The van der Waals surface area contributed by atoms with Crippen LogP contribution in [0.5, 0.6) is 0 Å². The lowest BCUT2D eigenvalue weighted by Gasteiger charge is -2.37. The molecule has 1 saturated heterocycles. The SMILES string of the molecule is C[C@H](O)CN1CCN([C@H](C)c2nnc(-c3cccs3)o2)CC1. The van der Waals surface area contributed by atoms with Crippen LogP contribution in [-0.2, 0) is 0 Å². The Hall–Kier alpha value is -1.28. The van der Waals surface area contributed by atoms with E-state index in [0.717, 1.165) is 37.6 Å². The van der Waals surface area contributed by atoms with E-state index < -0.39 is 0 Å². The van der Waals surface area contributed by atoms with Gasteiger partial charge >= 0.3 is 0 Å². The largest absolute Gasteiger partial charge is 0.418 e. The van der Waals surface area contributed by atoms with Crippen LogP contribution in [0, 0.1) is 0 Å². The summed E-state index contributed by atoms with van der Waals surface area (Å²) in [5.41, 5.74) is 0. The second kappa shape index (κ2) is 6.87. The van der Waals surface area contributed by atoms with E-state index in [1.54, 1.807) is 11.3 Å². The molecule has 0 radical (unpaired) electrons. The third-order valence-corrected chi connectivity index (χ3v) is 4.86. The summed E-state index contributed by atoms with van der Waals surface area (Å²) < 4.78 is 5.83. The minimum absolute atomic E-state index is 0.120. The molecule has 0 unspecified atom stereocenters. The fraction of sp³-hybridized carbons (Fsp3) is 0.600. The maximum atomic E-state index is 9.46. The van der Waals surface area contributed by atoms with Gasteiger partial charge in [-0.25, -0.2) is 0 Å². The molecule has 0 spiro atoms. The van der Waals surface area contributed by atoms with Gasteiger partial charge in [-0.3, -0.25) is 9.80 Å². The van der Waals surface area contributed by atoms with Crippen LogP contribution in [0.3, 0.4) is 0 Å². The zero-order chi connectivity index (χ0) is 15.5. The van der Waals surface area contributed by atoms with Crippen molar-refractivity contribution in [2.24, 2.45) is 0 Å². The highest BCUT2D eigenvalue weighted by Crippen LogP contribution is 2.27. The third kappa shape index (κ3) is 3.55. The number of aliphatic hydroxyl groups is 1. The van der Waals surface area contributed by atoms with E-state index in [1.807, 2.05) is 24.4 Å². The minimum Gasteiger partial charge on any atom is -0.418 e. The summed E-state index contributed by atoms with van der Waals surface area (Å²) in [4.78, 5) is 5.65. The van der Waals surface area contributed by atoms with Crippen LogP contribution in [-0.4, -0.2) is 63.9 Å². The summed E-state index contributed by atoms with van der Waals surface area (Å²) in [5, 5.41) is 19.8. The standard InChI is InChI=1S/C15H22N4O2S/c1-11(20)10-18-5-7-19(8-6-18)12(2)14-16-17-15(21-14)13-4-3-9-22-13/h3-4,9,11-12,20H,5-8,10H2,1-2H3/t11-,12+/m0/s1. The quantitative estimate of drug-likeness (QED) is 0.906. The molecule has 2 atom stereocenters. The summed E-state index contributed by atoms with van der Waals surface area (Å²) in [6.07, 6.45) is -0.270. The van der Waals surface area contributed by atoms with Gasteiger partial charge in [0.2, 0.25) is 5.89 Å². The molecule has 2 aromatic heterocycles. The summed E-state index contributed by atoms with van der Waals surface area (Å²) in [7, 11) is 0. The van der Waals surface area contributed by atoms with Crippen LogP contribution in [0.4, 0.5) is 0 Å².